The molecule has 4 rings (SSSR count). The number of Topliss-reactive ketones (excluding diaryl/α,β-unsaturated/α-hetero) is 1. The number of nitrogens with one attached hydrogen (secondary N) is 1. The van der Waals surface area contributed by atoms with Crippen molar-refractivity contribution < 1.29 is 14.3 Å². The fraction of sp³-hybridized carbons (Fsp3) is 0.600. The molecule has 0 spiro atoms. The fourth-order valence-electron chi connectivity index (χ4n) is 4.94. The van der Waals surface area contributed by atoms with E-state index in [1.54, 1.807) is 12.4 Å². The van der Waals surface area contributed by atoms with Crippen molar-refractivity contribution >= 4 is 11.5 Å². The Labute approximate surface area is 194 Å². The Bertz CT molecular complexity index is 956. The molecule has 8 nitrogen and oxygen atoms in total. The topological polar surface area (TPSA) is 97.4 Å². The second-order valence-corrected chi connectivity index (χ2v) is 9.20. The molecule has 0 aromatic carbocycles. The lowest BCUT2D eigenvalue weighted by Gasteiger charge is -2.28. The van der Waals surface area contributed by atoms with Crippen LogP contribution in [0.25, 0.3) is 0 Å². The lowest BCUT2D eigenvalue weighted by atomic mass is 9.84. The van der Waals surface area contributed by atoms with Crippen LogP contribution in [0.4, 0.5) is 5.69 Å². The number of hydrogen-bond acceptors (Lipinski definition) is 7. The van der Waals surface area contributed by atoms with E-state index < -0.39 is 0 Å². The summed E-state index contributed by atoms with van der Waals surface area (Å²) >= 11 is 0. The second-order valence-electron chi connectivity index (χ2n) is 9.20. The van der Waals surface area contributed by atoms with Crippen LogP contribution in [0.3, 0.4) is 0 Å². The number of H-pyrrole nitrogens is 1. The van der Waals surface area contributed by atoms with Gasteiger partial charge in [0.2, 0.25) is 5.88 Å². The molecular formula is C25H34N4O4. The van der Waals surface area contributed by atoms with Crippen molar-refractivity contribution in [2.45, 2.75) is 70.4 Å². The van der Waals surface area contributed by atoms with Crippen LogP contribution in [0.1, 0.15) is 56.9 Å². The molecule has 1 atom stereocenters. The van der Waals surface area contributed by atoms with Gasteiger partial charge in [-0.05, 0) is 57.4 Å². The van der Waals surface area contributed by atoms with Crippen LogP contribution >= 0.6 is 0 Å². The Kier molecular flexibility index (Phi) is 8.10. The van der Waals surface area contributed by atoms with Gasteiger partial charge in [0.25, 0.3) is 5.56 Å². The van der Waals surface area contributed by atoms with Gasteiger partial charge >= 0.3 is 0 Å². The van der Waals surface area contributed by atoms with E-state index in [0.29, 0.717) is 43.4 Å². The molecule has 178 valence electrons. The van der Waals surface area contributed by atoms with E-state index in [-0.39, 0.29) is 23.5 Å². The number of ketones is 1. The normalized spacial score (nSPS) is 22.9. The van der Waals surface area contributed by atoms with E-state index in [9.17, 15) is 9.59 Å². The van der Waals surface area contributed by atoms with Crippen molar-refractivity contribution in [1.82, 2.24) is 15.2 Å². The summed E-state index contributed by atoms with van der Waals surface area (Å²) in [6, 6.07) is 5.92. The van der Waals surface area contributed by atoms with Crippen molar-refractivity contribution in [2.24, 2.45) is 5.92 Å². The molecule has 0 unspecified atom stereocenters. The van der Waals surface area contributed by atoms with Gasteiger partial charge in [0.05, 0.1) is 31.1 Å². The molecule has 2 fully saturated rings. The largest absolute Gasteiger partial charge is 0.474 e. The van der Waals surface area contributed by atoms with Crippen LogP contribution < -0.4 is 15.2 Å². The summed E-state index contributed by atoms with van der Waals surface area (Å²) in [6.07, 6.45) is 10.8. The van der Waals surface area contributed by atoms with Crippen LogP contribution in [-0.4, -0.2) is 52.9 Å². The van der Waals surface area contributed by atoms with Crippen LogP contribution in [-0.2, 0) is 9.53 Å². The van der Waals surface area contributed by atoms with E-state index in [1.807, 2.05) is 25.1 Å². The number of aromatic amines is 1. The quantitative estimate of drug-likeness (QED) is 0.549. The summed E-state index contributed by atoms with van der Waals surface area (Å²) in [5.41, 5.74) is 1.41. The highest BCUT2D eigenvalue weighted by Gasteiger charge is 2.27. The Morgan fingerprint density at radius 3 is 2.85 bits per heavy atom. The molecule has 1 aliphatic heterocycles. The summed E-state index contributed by atoms with van der Waals surface area (Å²) in [4.78, 5) is 30.8. The molecule has 0 bridgehead atoms. The van der Waals surface area contributed by atoms with Gasteiger partial charge in [-0.2, -0.15) is 5.10 Å². The standard InChI is InChI=1S/C25H34N4O4/c1-18-23(16-27-28-25(18)31)29-13-4-5-20(29)17-32-14-11-21(30)15-19-7-9-22(10-8-19)33-24-6-2-3-12-26-24/h2-3,6,12,16,19-20,22H,4-5,7-11,13-15,17H2,1H3,(H,28,31)/t19?,20-,22?/m0/s1. The van der Waals surface area contributed by atoms with Gasteiger partial charge in [-0.15, -0.1) is 0 Å². The molecule has 0 radical (unpaired) electrons. The Hall–Kier alpha value is -2.74. The number of nitrogens with zero attached hydrogens (tertiary/aromatic N) is 3. The van der Waals surface area contributed by atoms with Gasteiger partial charge in [0.15, 0.2) is 0 Å². The molecule has 2 aromatic rings. The maximum Gasteiger partial charge on any atom is 0.269 e. The predicted octanol–water partition coefficient (Wildman–Crippen LogP) is 3.45. The molecule has 8 heteroatoms. The SMILES string of the molecule is Cc1c(N2CCC[C@H]2COCCC(=O)CC2CCC(Oc3ccccn3)CC2)cn[nH]c1=O. The number of carbonyl (C=O) groups is 1. The maximum atomic E-state index is 12.5. The first-order valence-electron chi connectivity index (χ1n) is 12.1. The summed E-state index contributed by atoms with van der Waals surface area (Å²) in [6.45, 7) is 3.73. The maximum absolute atomic E-state index is 12.5. The minimum absolute atomic E-state index is 0.151. The monoisotopic (exact) mass is 454 g/mol. The number of anilines is 1. The van der Waals surface area contributed by atoms with Crippen LogP contribution in [0.2, 0.25) is 0 Å². The average molecular weight is 455 g/mol. The molecule has 1 N–H and O–H groups in total. The van der Waals surface area contributed by atoms with Crippen LogP contribution in [0.15, 0.2) is 35.4 Å². The highest BCUT2D eigenvalue weighted by atomic mass is 16.5. The number of rotatable bonds is 10. The molecule has 3 heterocycles. The molecule has 2 aromatic heterocycles. The summed E-state index contributed by atoms with van der Waals surface area (Å²) in [5.74, 6) is 1.40. The number of aromatic nitrogens is 3. The Morgan fingerprint density at radius 1 is 1.21 bits per heavy atom. The minimum atomic E-state index is -0.151. The van der Waals surface area contributed by atoms with Crippen molar-refractivity contribution in [3.63, 3.8) is 0 Å². The first-order chi connectivity index (χ1) is 16.1. The third kappa shape index (κ3) is 6.41. The molecule has 33 heavy (non-hydrogen) atoms. The van der Waals surface area contributed by atoms with Crippen molar-refractivity contribution in [3.8, 4) is 5.88 Å². The van der Waals surface area contributed by atoms with Gasteiger partial charge in [0.1, 0.15) is 11.9 Å². The lowest BCUT2D eigenvalue weighted by molar-refractivity contribution is -0.121. The van der Waals surface area contributed by atoms with Crippen LogP contribution in [0.5, 0.6) is 5.88 Å². The van der Waals surface area contributed by atoms with Crippen molar-refractivity contribution in [1.29, 1.82) is 0 Å². The van der Waals surface area contributed by atoms with Gasteiger partial charge in [-0.3, -0.25) is 9.59 Å². The van der Waals surface area contributed by atoms with Gasteiger partial charge in [-0.25, -0.2) is 10.1 Å². The molecule has 2 aliphatic rings. The highest BCUT2D eigenvalue weighted by Crippen LogP contribution is 2.30. The van der Waals surface area contributed by atoms with Crippen molar-refractivity contribution in [2.75, 3.05) is 24.7 Å². The van der Waals surface area contributed by atoms with E-state index in [2.05, 4.69) is 20.1 Å². The molecule has 1 saturated carbocycles. The van der Waals surface area contributed by atoms with Crippen LogP contribution in [0, 0.1) is 12.8 Å². The molecule has 0 amide bonds. The van der Waals surface area contributed by atoms with Gasteiger partial charge in [0, 0.05) is 37.2 Å². The first kappa shape index (κ1) is 23.4. The zero-order valence-electron chi connectivity index (χ0n) is 19.4. The van der Waals surface area contributed by atoms with E-state index in [4.69, 9.17) is 9.47 Å². The average Bonchev–Trinajstić information content (AvgIpc) is 3.29. The number of pyridine rings is 1. The molecule has 1 aliphatic carbocycles. The van der Waals surface area contributed by atoms with Gasteiger partial charge in [-0.1, -0.05) is 6.07 Å². The molecular weight excluding hydrogens is 420 g/mol. The first-order valence-corrected chi connectivity index (χ1v) is 12.1. The fourth-order valence-corrected chi connectivity index (χ4v) is 4.94. The third-order valence-electron chi connectivity index (χ3n) is 6.84. The number of ether oxygens (including phenoxy) is 2. The van der Waals surface area contributed by atoms with Crippen molar-refractivity contribution in [3.05, 3.63) is 46.5 Å². The van der Waals surface area contributed by atoms with E-state index in [1.165, 1.54) is 0 Å². The lowest BCUT2D eigenvalue weighted by Crippen LogP contribution is -2.35. The second kappa shape index (κ2) is 11.4. The smallest absolute Gasteiger partial charge is 0.269 e. The number of hydrogen-bond donors (Lipinski definition) is 1. The summed E-state index contributed by atoms with van der Waals surface area (Å²) < 4.78 is 11.8. The Morgan fingerprint density at radius 2 is 2.06 bits per heavy atom. The zero-order chi connectivity index (χ0) is 23.0. The third-order valence-corrected chi connectivity index (χ3v) is 6.84. The minimum Gasteiger partial charge on any atom is -0.474 e. The predicted molar refractivity (Wildman–Crippen MR) is 126 cm³/mol. The van der Waals surface area contributed by atoms with E-state index >= 15 is 0 Å². The van der Waals surface area contributed by atoms with Gasteiger partial charge < -0.3 is 14.4 Å². The Balaban J connectivity index is 1.13. The number of carbonyl (C=O) groups excluding carboxylic acids is 1. The zero-order valence-corrected chi connectivity index (χ0v) is 19.4. The summed E-state index contributed by atoms with van der Waals surface area (Å²) in [5, 5.41) is 6.43. The molecule has 1 saturated heterocycles. The highest BCUT2D eigenvalue weighted by molar-refractivity contribution is 5.78. The van der Waals surface area contributed by atoms with E-state index in [0.717, 1.165) is 50.8 Å². The summed E-state index contributed by atoms with van der Waals surface area (Å²) in [7, 11) is 0.